The summed E-state index contributed by atoms with van der Waals surface area (Å²) in [7, 11) is 0. The molecule has 2 nitrogen and oxygen atoms in total. The maximum Gasteiger partial charge on any atom is 0.206 e. The van der Waals surface area contributed by atoms with Crippen LogP contribution in [0.4, 0.5) is 0 Å². The Morgan fingerprint density at radius 1 is 1.46 bits per heavy atom. The number of rotatable bonds is 2. The standard InChI is InChI=1S/C9H7BrClNO/c10-4-9-12-7-2-1-6(5-11)3-8(7)13-9/h1-3H,4-5H2. The van der Waals surface area contributed by atoms with Gasteiger partial charge >= 0.3 is 0 Å². The van der Waals surface area contributed by atoms with Crippen LogP contribution in [0.2, 0.25) is 0 Å². The van der Waals surface area contributed by atoms with Gasteiger partial charge in [0.05, 0.1) is 5.33 Å². The zero-order chi connectivity index (χ0) is 9.26. The minimum absolute atomic E-state index is 0.500. The third kappa shape index (κ3) is 1.71. The molecule has 1 heterocycles. The van der Waals surface area contributed by atoms with Gasteiger partial charge in [0.2, 0.25) is 5.89 Å². The maximum atomic E-state index is 5.70. The van der Waals surface area contributed by atoms with Gasteiger partial charge in [-0.3, -0.25) is 0 Å². The average Bonchev–Trinajstić information content (AvgIpc) is 2.58. The predicted octanol–water partition coefficient (Wildman–Crippen LogP) is 3.46. The molecule has 0 bridgehead atoms. The number of benzene rings is 1. The highest BCUT2D eigenvalue weighted by molar-refractivity contribution is 9.08. The highest BCUT2D eigenvalue weighted by Gasteiger charge is 2.04. The molecule has 4 heteroatoms. The lowest BCUT2D eigenvalue weighted by atomic mass is 10.2. The largest absolute Gasteiger partial charge is 0.440 e. The van der Waals surface area contributed by atoms with E-state index in [4.69, 9.17) is 16.0 Å². The first kappa shape index (κ1) is 9.03. The number of fused-ring (bicyclic) bond motifs is 1. The summed E-state index contributed by atoms with van der Waals surface area (Å²) in [5, 5.41) is 0.637. The molecular formula is C9H7BrClNO. The molecule has 0 aliphatic rings. The van der Waals surface area contributed by atoms with Crippen molar-refractivity contribution in [3.8, 4) is 0 Å². The number of halogens is 2. The topological polar surface area (TPSA) is 26.0 Å². The van der Waals surface area contributed by atoms with Crippen molar-refractivity contribution in [2.75, 3.05) is 0 Å². The Morgan fingerprint density at radius 3 is 3.00 bits per heavy atom. The summed E-state index contributed by atoms with van der Waals surface area (Å²) in [6.07, 6.45) is 0. The predicted molar refractivity (Wildman–Crippen MR) is 56.2 cm³/mol. The Balaban J connectivity index is 2.57. The van der Waals surface area contributed by atoms with E-state index in [-0.39, 0.29) is 0 Å². The Kier molecular flexibility index (Phi) is 2.56. The molecule has 13 heavy (non-hydrogen) atoms. The van der Waals surface area contributed by atoms with Crippen LogP contribution in [0.5, 0.6) is 0 Å². The van der Waals surface area contributed by atoms with E-state index in [0.717, 1.165) is 16.7 Å². The summed E-state index contributed by atoms with van der Waals surface area (Å²) in [4.78, 5) is 4.25. The summed E-state index contributed by atoms with van der Waals surface area (Å²) < 4.78 is 5.44. The molecule has 0 aliphatic carbocycles. The molecule has 2 rings (SSSR count). The fourth-order valence-electron chi connectivity index (χ4n) is 1.16. The van der Waals surface area contributed by atoms with Gasteiger partial charge in [0.25, 0.3) is 0 Å². The van der Waals surface area contributed by atoms with Crippen LogP contribution < -0.4 is 0 Å². The quantitative estimate of drug-likeness (QED) is 0.773. The van der Waals surface area contributed by atoms with Gasteiger partial charge in [-0.1, -0.05) is 22.0 Å². The second kappa shape index (κ2) is 3.68. The smallest absolute Gasteiger partial charge is 0.206 e. The molecule has 0 spiro atoms. The van der Waals surface area contributed by atoms with Gasteiger partial charge in [-0.25, -0.2) is 4.98 Å². The number of alkyl halides is 2. The number of hydrogen-bond donors (Lipinski definition) is 0. The lowest BCUT2D eigenvalue weighted by Crippen LogP contribution is -1.75. The van der Waals surface area contributed by atoms with E-state index in [2.05, 4.69) is 20.9 Å². The molecule has 0 amide bonds. The lowest BCUT2D eigenvalue weighted by molar-refractivity contribution is 0.557. The summed E-state index contributed by atoms with van der Waals surface area (Å²) in [6.45, 7) is 0. The van der Waals surface area contributed by atoms with Crippen molar-refractivity contribution in [2.45, 2.75) is 11.2 Å². The molecule has 1 aromatic heterocycles. The van der Waals surface area contributed by atoms with Gasteiger partial charge in [0, 0.05) is 5.88 Å². The molecule has 0 saturated heterocycles. The zero-order valence-electron chi connectivity index (χ0n) is 6.76. The minimum Gasteiger partial charge on any atom is -0.440 e. The van der Waals surface area contributed by atoms with Gasteiger partial charge < -0.3 is 4.42 Å². The Hall–Kier alpha value is -0.540. The van der Waals surface area contributed by atoms with Crippen LogP contribution in [0.1, 0.15) is 11.5 Å². The average molecular weight is 261 g/mol. The maximum absolute atomic E-state index is 5.70. The van der Waals surface area contributed by atoms with Crippen LogP contribution in [0.15, 0.2) is 22.6 Å². The number of oxazole rings is 1. The fraction of sp³-hybridized carbons (Fsp3) is 0.222. The SMILES string of the molecule is ClCc1ccc2nc(CBr)oc2c1. The van der Waals surface area contributed by atoms with Gasteiger partial charge in [-0.15, -0.1) is 11.6 Å². The minimum atomic E-state index is 0.500. The van der Waals surface area contributed by atoms with Crippen molar-refractivity contribution in [1.82, 2.24) is 4.98 Å². The molecule has 0 saturated carbocycles. The van der Waals surface area contributed by atoms with Gasteiger partial charge in [0.1, 0.15) is 5.52 Å². The number of aromatic nitrogens is 1. The van der Waals surface area contributed by atoms with Crippen molar-refractivity contribution < 1.29 is 4.42 Å². The first-order valence-corrected chi connectivity index (χ1v) is 5.49. The van der Waals surface area contributed by atoms with Crippen LogP contribution in [0.25, 0.3) is 11.1 Å². The molecule has 1 aromatic carbocycles. The molecule has 0 radical (unpaired) electrons. The van der Waals surface area contributed by atoms with Crippen LogP contribution in [0.3, 0.4) is 0 Å². The second-order valence-electron chi connectivity index (χ2n) is 2.68. The van der Waals surface area contributed by atoms with Crippen molar-refractivity contribution in [1.29, 1.82) is 0 Å². The van der Waals surface area contributed by atoms with Gasteiger partial charge in [-0.2, -0.15) is 0 Å². The number of nitrogens with zero attached hydrogens (tertiary/aromatic N) is 1. The van der Waals surface area contributed by atoms with Gasteiger partial charge in [0.15, 0.2) is 5.58 Å². The summed E-state index contributed by atoms with van der Waals surface area (Å²) >= 11 is 8.99. The highest BCUT2D eigenvalue weighted by atomic mass is 79.9. The van der Waals surface area contributed by atoms with Crippen molar-refractivity contribution in [3.05, 3.63) is 29.7 Å². The van der Waals surface area contributed by atoms with Gasteiger partial charge in [-0.05, 0) is 17.7 Å². The van der Waals surface area contributed by atoms with E-state index in [0.29, 0.717) is 17.1 Å². The molecule has 0 aliphatic heterocycles. The monoisotopic (exact) mass is 259 g/mol. The second-order valence-corrected chi connectivity index (χ2v) is 3.50. The molecular weight excluding hydrogens is 253 g/mol. The first-order chi connectivity index (χ1) is 6.33. The lowest BCUT2D eigenvalue weighted by Gasteiger charge is -1.91. The zero-order valence-corrected chi connectivity index (χ0v) is 9.10. The molecule has 0 unspecified atom stereocenters. The van der Waals surface area contributed by atoms with E-state index in [1.54, 1.807) is 0 Å². The van der Waals surface area contributed by atoms with Crippen LogP contribution in [-0.4, -0.2) is 4.98 Å². The Morgan fingerprint density at radius 2 is 2.31 bits per heavy atom. The molecule has 68 valence electrons. The van der Waals surface area contributed by atoms with E-state index in [9.17, 15) is 0 Å². The van der Waals surface area contributed by atoms with E-state index in [1.807, 2.05) is 18.2 Å². The molecule has 0 N–H and O–H groups in total. The summed E-state index contributed by atoms with van der Waals surface area (Å²) in [5.74, 6) is 1.20. The van der Waals surface area contributed by atoms with Crippen molar-refractivity contribution >= 4 is 38.6 Å². The van der Waals surface area contributed by atoms with Crippen LogP contribution in [0, 0.1) is 0 Å². The first-order valence-electron chi connectivity index (χ1n) is 3.84. The van der Waals surface area contributed by atoms with Crippen LogP contribution >= 0.6 is 27.5 Å². The Bertz CT molecular complexity index is 424. The van der Waals surface area contributed by atoms with Crippen LogP contribution in [-0.2, 0) is 11.2 Å². The normalized spacial score (nSPS) is 10.9. The Labute approximate surface area is 89.0 Å². The van der Waals surface area contributed by atoms with Crippen molar-refractivity contribution in [2.24, 2.45) is 0 Å². The fourth-order valence-corrected chi connectivity index (χ4v) is 1.56. The summed E-state index contributed by atoms with van der Waals surface area (Å²) in [6, 6.07) is 5.79. The summed E-state index contributed by atoms with van der Waals surface area (Å²) in [5.41, 5.74) is 2.72. The highest BCUT2D eigenvalue weighted by Crippen LogP contribution is 2.19. The number of hydrogen-bond acceptors (Lipinski definition) is 2. The van der Waals surface area contributed by atoms with Crippen molar-refractivity contribution in [3.63, 3.8) is 0 Å². The third-order valence-corrected chi connectivity index (χ3v) is 2.55. The third-order valence-electron chi connectivity index (χ3n) is 1.77. The molecule has 2 aromatic rings. The van der Waals surface area contributed by atoms with E-state index >= 15 is 0 Å². The molecule has 0 atom stereocenters. The van der Waals surface area contributed by atoms with E-state index in [1.165, 1.54) is 0 Å². The molecule has 0 fully saturated rings. The van der Waals surface area contributed by atoms with E-state index < -0.39 is 0 Å².